The van der Waals surface area contributed by atoms with Crippen molar-refractivity contribution in [3.8, 4) is 0 Å². The summed E-state index contributed by atoms with van der Waals surface area (Å²) in [4.78, 5) is 30.0. The third-order valence-corrected chi connectivity index (χ3v) is 6.13. The summed E-state index contributed by atoms with van der Waals surface area (Å²) >= 11 is 2.61. The van der Waals surface area contributed by atoms with E-state index in [4.69, 9.17) is 0 Å². The van der Waals surface area contributed by atoms with E-state index >= 15 is 0 Å². The van der Waals surface area contributed by atoms with Gasteiger partial charge in [0.05, 0.1) is 21.4 Å². The number of aryl methyl sites for hydroxylation is 2. The number of rotatable bonds is 3. The van der Waals surface area contributed by atoms with Crippen LogP contribution in [0.4, 0.5) is 5.00 Å². The minimum Gasteiger partial charge on any atom is -0.267 e. The van der Waals surface area contributed by atoms with Crippen molar-refractivity contribution in [2.75, 3.05) is 0 Å². The summed E-state index contributed by atoms with van der Waals surface area (Å²) in [7, 11) is 0. The SMILES string of the molecule is O=c1c2c3c(sc2ncn1/N=C/c1ccc([N+](=O)[O-])s1)CCCC3. The van der Waals surface area contributed by atoms with Crippen molar-refractivity contribution < 1.29 is 4.92 Å². The third kappa shape index (κ3) is 2.55. The molecule has 1 aliphatic carbocycles. The van der Waals surface area contributed by atoms with Gasteiger partial charge in [0.1, 0.15) is 11.2 Å². The summed E-state index contributed by atoms with van der Waals surface area (Å²) in [5.41, 5.74) is 0.941. The summed E-state index contributed by atoms with van der Waals surface area (Å²) in [5, 5.41) is 15.6. The van der Waals surface area contributed by atoms with Gasteiger partial charge in [0.15, 0.2) is 0 Å². The smallest absolute Gasteiger partial charge is 0.267 e. The first-order valence-electron chi connectivity index (χ1n) is 7.44. The van der Waals surface area contributed by atoms with E-state index < -0.39 is 4.92 Å². The number of hydrogen-bond donors (Lipinski definition) is 0. The van der Waals surface area contributed by atoms with Crippen LogP contribution < -0.4 is 5.56 Å². The maximum atomic E-state index is 12.7. The van der Waals surface area contributed by atoms with Crippen LogP contribution in [-0.4, -0.2) is 20.8 Å². The lowest BCUT2D eigenvalue weighted by Gasteiger charge is -2.09. The highest BCUT2D eigenvalue weighted by molar-refractivity contribution is 7.18. The molecule has 1 aliphatic rings. The van der Waals surface area contributed by atoms with Gasteiger partial charge < -0.3 is 0 Å². The fraction of sp³-hybridized carbons (Fsp3) is 0.267. The molecule has 0 N–H and O–H groups in total. The maximum Gasteiger partial charge on any atom is 0.324 e. The zero-order valence-electron chi connectivity index (χ0n) is 12.5. The van der Waals surface area contributed by atoms with Crippen molar-refractivity contribution in [1.82, 2.24) is 9.66 Å². The van der Waals surface area contributed by atoms with Crippen molar-refractivity contribution in [2.24, 2.45) is 5.10 Å². The lowest BCUT2D eigenvalue weighted by Crippen LogP contribution is -2.17. The highest BCUT2D eigenvalue weighted by atomic mass is 32.1. The maximum absolute atomic E-state index is 12.7. The summed E-state index contributed by atoms with van der Waals surface area (Å²) in [6.07, 6.45) is 7.03. The van der Waals surface area contributed by atoms with Crippen LogP contribution in [0.5, 0.6) is 0 Å². The van der Waals surface area contributed by atoms with E-state index in [1.165, 1.54) is 28.2 Å². The van der Waals surface area contributed by atoms with Crippen molar-refractivity contribution >= 4 is 44.1 Å². The molecule has 3 heterocycles. The average molecular weight is 360 g/mol. The topological polar surface area (TPSA) is 90.4 Å². The summed E-state index contributed by atoms with van der Waals surface area (Å²) in [6, 6.07) is 3.03. The van der Waals surface area contributed by atoms with Crippen LogP contribution in [0.2, 0.25) is 0 Å². The van der Waals surface area contributed by atoms with Crippen LogP contribution in [-0.2, 0) is 12.8 Å². The van der Waals surface area contributed by atoms with Gasteiger partial charge in [0.2, 0.25) is 0 Å². The normalized spacial score (nSPS) is 14.3. The molecule has 0 aliphatic heterocycles. The van der Waals surface area contributed by atoms with Gasteiger partial charge in [-0.2, -0.15) is 9.78 Å². The number of thiophene rings is 2. The molecule has 122 valence electrons. The van der Waals surface area contributed by atoms with Crippen LogP contribution in [0.3, 0.4) is 0 Å². The Kier molecular flexibility index (Phi) is 3.73. The molecule has 0 spiro atoms. The highest BCUT2D eigenvalue weighted by Crippen LogP contribution is 2.33. The Morgan fingerprint density at radius 1 is 1.29 bits per heavy atom. The van der Waals surface area contributed by atoms with Gasteiger partial charge in [-0.25, -0.2) is 4.98 Å². The van der Waals surface area contributed by atoms with Gasteiger partial charge >= 0.3 is 5.00 Å². The Hall–Kier alpha value is -2.39. The fourth-order valence-corrected chi connectivity index (χ4v) is 4.76. The van der Waals surface area contributed by atoms with Gasteiger partial charge in [-0.05, 0) is 37.3 Å². The zero-order chi connectivity index (χ0) is 16.7. The van der Waals surface area contributed by atoms with Gasteiger partial charge in [-0.1, -0.05) is 11.3 Å². The van der Waals surface area contributed by atoms with Crippen LogP contribution in [0.25, 0.3) is 10.2 Å². The number of nitrogens with zero attached hydrogens (tertiary/aromatic N) is 4. The van der Waals surface area contributed by atoms with E-state index in [-0.39, 0.29) is 10.6 Å². The largest absolute Gasteiger partial charge is 0.324 e. The molecule has 3 aromatic rings. The van der Waals surface area contributed by atoms with Crippen molar-refractivity contribution in [2.45, 2.75) is 25.7 Å². The summed E-state index contributed by atoms with van der Waals surface area (Å²) in [6.45, 7) is 0. The molecule has 0 aromatic carbocycles. The van der Waals surface area contributed by atoms with E-state index in [9.17, 15) is 14.9 Å². The van der Waals surface area contributed by atoms with Crippen molar-refractivity contribution in [3.05, 3.63) is 54.2 Å². The zero-order valence-corrected chi connectivity index (χ0v) is 14.1. The summed E-state index contributed by atoms with van der Waals surface area (Å²) in [5.74, 6) is 0. The van der Waals surface area contributed by atoms with E-state index in [1.54, 1.807) is 17.4 Å². The lowest BCUT2D eigenvalue weighted by molar-refractivity contribution is -0.380. The molecule has 0 atom stereocenters. The first kappa shape index (κ1) is 15.2. The van der Waals surface area contributed by atoms with Crippen LogP contribution in [0.1, 0.15) is 28.2 Å². The van der Waals surface area contributed by atoms with E-state index in [0.29, 0.717) is 10.3 Å². The van der Waals surface area contributed by atoms with E-state index in [0.717, 1.165) is 47.4 Å². The number of nitro groups is 1. The van der Waals surface area contributed by atoms with E-state index in [2.05, 4.69) is 10.1 Å². The molecule has 0 saturated carbocycles. The first-order chi connectivity index (χ1) is 11.6. The molecule has 3 aromatic heterocycles. The minimum atomic E-state index is -0.445. The predicted octanol–water partition coefficient (Wildman–Crippen LogP) is 3.19. The highest BCUT2D eigenvalue weighted by Gasteiger charge is 2.19. The van der Waals surface area contributed by atoms with Gasteiger partial charge in [0.25, 0.3) is 5.56 Å². The molecule has 0 saturated heterocycles. The van der Waals surface area contributed by atoms with Gasteiger partial charge in [-0.15, -0.1) is 11.3 Å². The molecule has 0 radical (unpaired) electrons. The second-order valence-electron chi connectivity index (χ2n) is 5.46. The molecule has 0 amide bonds. The standard InChI is InChI=1S/C15H12N4O3S2/c20-15-13-10-3-1-2-4-11(10)24-14(13)16-8-18(15)17-7-9-5-6-12(23-9)19(21)22/h5-8H,1-4H2/b17-7+. The number of hydrogen-bond acceptors (Lipinski definition) is 7. The van der Waals surface area contributed by atoms with Crippen molar-refractivity contribution in [3.63, 3.8) is 0 Å². The Labute approximate surface area is 144 Å². The van der Waals surface area contributed by atoms with Crippen LogP contribution in [0, 0.1) is 10.1 Å². The number of aromatic nitrogens is 2. The first-order valence-corrected chi connectivity index (χ1v) is 9.07. The molecule has 0 fully saturated rings. The van der Waals surface area contributed by atoms with E-state index in [1.807, 2.05) is 0 Å². The molecule has 4 rings (SSSR count). The predicted molar refractivity (Wildman–Crippen MR) is 94.5 cm³/mol. The molecule has 0 unspecified atom stereocenters. The molecule has 24 heavy (non-hydrogen) atoms. The molecule has 7 nitrogen and oxygen atoms in total. The van der Waals surface area contributed by atoms with Crippen LogP contribution in [0.15, 0.2) is 28.4 Å². The van der Waals surface area contributed by atoms with Gasteiger partial charge in [0, 0.05) is 10.9 Å². The molecular weight excluding hydrogens is 348 g/mol. The second-order valence-corrected chi connectivity index (χ2v) is 7.64. The Balaban J connectivity index is 1.74. The lowest BCUT2D eigenvalue weighted by atomic mass is 9.97. The fourth-order valence-electron chi connectivity index (χ4n) is 2.85. The summed E-state index contributed by atoms with van der Waals surface area (Å²) < 4.78 is 1.20. The van der Waals surface area contributed by atoms with Gasteiger partial charge in [-0.3, -0.25) is 14.9 Å². The minimum absolute atomic E-state index is 0.0456. The third-order valence-electron chi connectivity index (χ3n) is 3.96. The molecule has 9 heteroatoms. The molecule has 0 bridgehead atoms. The molecular formula is C15H12N4O3S2. The Morgan fingerprint density at radius 2 is 2.12 bits per heavy atom. The van der Waals surface area contributed by atoms with Crippen LogP contribution >= 0.6 is 22.7 Å². The quantitative estimate of drug-likeness (QED) is 0.407. The second kappa shape index (κ2) is 5.91. The average Bonchev–Trinajstić information content (AvgIpc) is 3.19. The Morgan fingerprint density at radius 3 is 2.92 bits per heavy atom. The number of fused-ring (bicyclic) bond motifs is 3. The monoisotopic (exact) mass is 360 g/mol. The Bertz CT molecular complexity index is 1030. The van der Waals surface area contributed by atoms with Crippen molar-refractivity contribution in [1.29, 1.82) is 0 Å².